The van der Waals surface area contributed by atoms with Crippen LogP contribution in [0.1, 0.15) is 160 Å². The van der Waals surface area contributed by atoms with Crippen molar-refractivity contribution in [3.63, 3.8) is 0 Å². The second-order valence-corrected chi connectivity index (χ2v) is 18.2. The first-order chi connectivity index (χ1) is 32.1. The Kier molecular flexibility index (Phi) is 18.9. The predicted octanol–water partition coefficient (Wildman–Crippen LogP) is 16.0. The van der Waals surface area contributed by atoms with E-state index < -0.39 is 5.91 Å². The molecule has 0 saturated carbocycles. The summed E-state index contributed by atoms with van der Waals surface area (Å²) in [6.45, 7) is 2.98. The van der Waals surface area contributed by atoms with Crippen LogP contribution in [0.2, 0.25) is 15.1 Å². The smallest absolute Gasteiger partial charge is 0.280 e. The van der Waals surface area contributed by atoms with Gasteiger partial charge in [-0.1, -0.05) is 182 Å². The molecule has 352 valence electrons. The number of aromatic hydroxyl groups is 2. The number of fused-ring (bicyclic) bond motifs is 2. The van der Waals surface area contributed by atoms with Crippen LogP contribution in [0.4, 0.5) is 0 Å². The number of amides is 2. The van der Waals surface area contributed by atoms with Gasteiger partial charge in [0.15, 0.2) is 11.8 Å². The molecule has 0 unspecified atom stereocenters. The average molecular weight is 964 g/mol. The summed E-state index contributed by atoms with van der Waals surface area (Å²) in [5, 5.41) is 22.8. The van der Waals surface area contributed by atoms with Gasteiger partial charge in [0.1, 0.15) is 5.75 Å². The van der Waals surface area contributed by atoms with Gasteiger partial charge in [0.2, 0.25) is 0 Å². The fourth-order valence-corrected chi connectivity index (χ4v) is 8.91. The second kappa shape index (κ2) is 25.0. The van der Waals surface area contributed by atoms with Gasteiger partial charge in [-0.3, -0.25) is 9.59 Å². The lowest BCUT2D eigenvalue weighted by Crippen LogP contribution is -1.99. The minimum atomic E-state index is -0.392. The Balaban J connectivity index is 0.000000250. The van der Waals surface area contributed by atoms with Crippen molar-refractivity contribution < 1.29 is 24.5 Å². The third kappa shape index (κ3) is 13.1. The van der Waals surface area contributed by atoms with Crippen LogP contribution in [0, 0.1) is 0 Å². The molecule has 2 aliphatic rings. The Morgan fingerprint density at radius 2 is 0.761 bits per heavy atom. The molecule has 0 radical (unpaired) electrons. The number of nitrogens with one attached hydrogen (secondary N) is 2. The van der Waals surface area contributed by atoms with Crippen molar-refractivity contribution >= 4 is 58.0 Å². The zero-order valence-corrected chi connectivity index (χ0v) is 39.7. The molecule has 0 spiro atoms. The lowest BCUT2D eigenvalue weighted by Gasteiger charge is -2.07. The number of hydrogen-bond donors (Lipinski definition) is 4. The quantitative estimate of drug-likeness (QED) is 0.0502. The third-order valence-corrected chi connectivity index (χ3v) is 12.8. The molecule has 8 rings (SSSR count). The van der Waals surface area contributed by atoms with E-state index in [1.807, 2.05) is 24.3 Å². The standard InChI is InChI=1S/C36H47ClN2O3.C18H10Cl2N2O2.CH4/c1-2-3-4-5-6-7-8-9-10-11-12-13-14-15-16-17-26-42-30-24-20-28(21-25-30)34-32-31(35(40)39-34)33(38-36(32)41)27-18-22-29(37)23-19-27;19-11-5-1-9(2-6-11)15-13-14(18(24)21-15)16(22-17(13)23)10-3-7-12(20)8-4-10;/h18-25,39-40H,2-17,26H2,1H3;1-8,21,24H;1H4. The highest BCUT2D eigenvalue weighted by Gasteiger charge is 2.34. The number of H-pyrrole nitrogens is 2. The zero-order valence-electron chi connectivity index (χ0n) is 37.4. The highest BCUT2D eigenvalue weighted by molar-refractivity contribution is 6.33. The first kappa shape index (κ1) is 50.8. The van der Waals surface area contributed by atoms with Gasteiger partial charge in [-0.15, -0.1) is 0 Å². The fraction of sp³-hybridized carbons (Fsp3) is 0.345. The molecule has 2 aliphatic heterocycles. The van der Waals surface area contributed by atoms with Crippen LogP contribution in [0.3, 0.4) is 0 Å². The topological polar surface area (TPSA) is 140 Å². The van der Waals surface area contributed by atoms with E-state index in [0.29, 0.717) is 72.3 Å². The van der Waals surface area contributed by atoms with Crippen LogP contribution in [-0.4, -0.2) is 50.0 Å². The summed E-state index contributed by atoms with van der Waals surface area (Å²) >= 11 is 17.8. The molecular formula is C55H61Cl3N4O5. The number of benzene rings is 4. The first-order valence-electron chi connectivity index (χ1n) is 23.3. The van der Waals surface area contributed by atoms with Crippen molar-refractivity contribution in [1.82, 2.24) is 9.97 Å². The molecule has 9 nitrogen and oxygen atoms in total. The minimum Gasteiger partial charge on any atom is -0.494 e. The molecule has 2 aromatic heterocycles. The van der Waals surface area contributed by atoms with Crippen LogP contribution in [0.15, 0.2) is 107 Å². The molecular weight excluding hydrogens is 903 g/mol. The first-order valence-corrected chi connectivity index (χ1v) is 24.4. The van der Waals surface area contributed by atoms with Crippen molar-refractivity contribution in [2.24, 2.45) is 9.98 Å². The van der Waals surface area contributed by atoms with Gasteiger partial charge in [-0.2, -0.15) is 0 Å². The molecule has 4 heterocycles. The lowest BCUT2D eigenvalue weighted by molar-refractivity contribution is 0.0998. The van der Waals surface area contributed by atoms with Crippen LogP contribution < -0.4 is 4.74 Å². The Morgan fingerprint density at radius 1 is 0.448 bits per heavy atom. The van der Waals surface area contributed by atoms with Gasteiger partial charge in [-0.05, 0) is 78.2 Å². The van der Waals surface area contributed by atoms with Gasteiger partial charge in [0.25, 0.3) is 11.8 Å². The van der Waals surface area contributed by atoms with E-state index in [1.165, 1.54) is 96.3 Å². The Hall–Kier alpha value is -5.61. The number of unbranched alkanes of at least 4 members (excludes halogenated alkanes) is 15. The Morgan fingerprint density at radius 3 is 1.12 bits per heavy atom. The number of hydrogen-bond acceptors (Lipinski definition) is 5. The van der Waals surface area contributed by atoms with Crippen LogP contribution in [0.25, 0.3) is 22.5 Å². The van der Waals surface area contributed by atoms with Crippen molar-refractivity contribution in [3.05, 3.63) is 146 Å². The Bertz CT molecular complexity index is 2630. The number of carbonyl (C=O) groups excluding carboxylic acids is 2. The normalized spacial score (nSPS) is 12.5. The summed E-state index contributed by atoms with van der Waals surface area (Å²) in [5.41, 5.74) is 6.53. The average Bonchev–Trinajstić information content (AvgIpc) is 4.07. The molecule has 4 aromatic carbocycles. The maximum Gasteiger partial charge on any atom is 0.280 e. The summed E-state index contributed by atoms with van der Waals surface area (Å²) in [6.07, 6.45) is 21.7. The second-order valence-electron chi connectivity index (χ2n) is 16.9. The van der Waals surface area contributed by atoms with E-state index in [0.717, 1.165) is 28.9 Å². The summed E-state index contributed by atoms with van der Waals surface area (Å²) in [4.78, 5) is 39.4. The number of rotatable bonds is 22. The van der Waals surface area contributed by atoms with E-state index in [9.17, 15) is 19.8 Å². The maximum atomic E-state index is 12.8. The van der Waals surface area contributed by atoms with E-state index in [-0.39, 0.29) is 25.1 Å². The number of aromatic amines is 2. The van der Waals surface area contributed by atoms with E-state index in [1.54, 1.807) is 72.8 Å². The molecule has 12 heteroatoms. The molecule has 67 heavy (non-hydrogen) atoms. The summed E-state index contributed by atoms with van der Waals surface area (Å²) < 4.78 is 5.96. The summed E-state index contributed by atoms with van der Waals surface area (Å²) in [7, 11) is 0. The largest absolute Gasteiger partial charge is 0.494 e. The molecule has 2 amide bonds. The van der Waals surface area contributed by atoms with Gasteiger partial charge in [0.05, 0.1) is 51.7 Å². The van der Waals surface area contributed by atoms with Crippen molar-refractivity contribution in [2.75, 3.05) is 6.61 Å². The molecule has 0 fully saturated rings. The van der Waals surface area contributed by atoms with E-state index in [4.69, 9.17) is 39.5 Å². The zero-order chi connectivity index (χ0) is 46.4. The summed E-state index contributed by atoms with van der Waals surface area (Å²) in [6, 6.07) is 28.7. The van der Waals surface area contributed by atoms with Crippen LogP contribution in [0.5, 0.6) is 17.5 Å². The van der Waals surface area contributed by atoms with Gasteiger partial charge >= 0.3 is 0 Å². The third-order valence-electron chi connectivity index (χ3n) is 12.1. The minimum absolute atomic E-state index is 0. The number of nitrogens with zero attached hydrogens (tertiary/aromatic N) is 2. The summed E-state index contributed by atoms with van der Waals surface area (Å²) in [5.74, 6) is -0.115. The monoisotopic (exact) mass is 962 g/mol. The lowest BCUT2D eigenvalue weighted by atomic mass is 10.0. The molecule has 0 aliphatic carbocycles. The predicted molar refractivity (Wildman–Crippen MR) is 275 cm³/mol. The number of ether oxygens (including phenoxy) is 1. The molecule has 0 atom stereocenters. The Labute approximate surface area is 409 Å². The number of halogens is 3. The van der Waals surface area contributed by atoms with Crippen molar-refractivity contribution in [1.29, 1.82) is 0 Å². The van der Waals surface area contributed by atoms with E-state index >= 15 is 0 Å². The maximum absolute atomic E-state index is 12.8. The fourth-order valence-electron chi connectivity index (χ4n) is 8.53. The van der Waals surface area contributed by atoms with Crippen molar-refractivity contribution in [3.8, 4) is 40.0 Å². The molecule has 0 saturated heterocycles. The van der Waals surface area contributed by atoms with Crippen LogP contribution in [-0.2, 0) is 0 Å². The van der Waals surface area contributed by atoms with Gasteiger partial charge < -0.3 is 24.9 Å². The van der Waals surface area contributed by atoms with Crippen molar-refractivity contribution in [2.45, 2.75) is 117 Å². The molecule has 0 bridgehead atoms. The number of carbonyl (C=O) groups is 2. The SMILES string of the molecule is C.CCCCCCCCCCCCCCCCCCOc1ccc(-c2[nH]c(O)c3c2C(=O)N=C3c2ccc(Cl)cc2)cc1.O=C1N=C(c2ccc(Cl)cc2)c2c(O)[nH]c(-c3ccc(Cl)cc3)c21. The van der Waals surface area contributed by atoms with Gasteiger partial charge in [-0.25, -0.2) is 9.98 Å². The van der Waals surface area contributed by atoms with Crippen LogP contribution >= 0.6 is 34.8 Å². The molecule has 6 aromatic rings. The van der Waals surface area contributed by atoms with Gasteiger partial charge in [0, 0.05) is 26.2 Å². The van der Waals surface area contributed by atoms with E-state index in [2.05, 4.69) is 26.9 Å². The highest BCUT2D eigenvalue weighted by Crippen LogP contribution is 2.40. The molecule has 4 N–H and O–H groups in total. The number of aromatic nitrogens is 2. The number of aliphatic imine (C=N–C) groups is 2. The highest BCUT2D eigenvalue weighted by atomic mass is 35.5.